The van der Waals surface area contributed by atoms with E-state index < -0.39 is 11.8 Å². The van der Waals surface area contributed by atoms with E-state index in [1.54, 1.807) is 0 Å². The Labute approximate surface area is 110 Å². The Kier molecular flexibility index (Phi) is 3.38. The van der Waals surface area contributed by atoms with Crippen molar-refractivity contribution in [1.29, 1.82) is 5.26 Å². The van der Waals surface area contributed by atoms with Crippen molar-refractivity contribution in [2.24, 2.45) is 11.7 Å². The second kappa shape index (κ2) is 4.98. The number of hydrogen-bond donors (Lipinski definition) is 2. The zero-order valence-corrected chi connectivity index (χ0v) is 10.2. The highest BCUT2D eigenvalue weighted by atomic mass is 16.3. The van der Waals surface area contributed by atoms with Crippen molar-refractivity contribution in [2.45, 2.75) is 13.0 Å². The van der Waals surface area contributed by atoms with E-state index in [0.717, 1.165) is 0 Å². The molecule has 1 fully saturated rings. The summed E-state index contributed by atoms with van der Waals surface area (Å²) in [6, 6.07) is 6.41. The van der Waals surface area contributed by atoms with E-state index >= 15 is 0 Å². The van der Waals surface area contributed by atoms with Crippen molar-refractivity contribution in [1.82, 2.24) is 4.90 Å². The first-order chi connectivity index (χ1) is 9.02. The Morgan fingerprint density at radius 1 is 1.58 bits per heavy atom. The van der Waals surface area contributed by atoms with Crippen LogP contribution in [0, 0.1) is 17.2 Å². The summed E-state index contributed by atoms with van der Waals surface area (Å²) in [6.07, 6.45) is 0.396. The third kappa shape index (κ3) is 2.50. The molecule has 1 aromatic rings. The lowest BCUT2D eigenvalue weighted by molar-refractivity contribution is -0.136. The average Bonchev–Trinajstić information content (AvgIpc) is 2.74. The van der Waals surface area contributed by atoms with Crippen LogP contribution in [-0.2, 0) is 16.1 Å². The summed E-state index contributed by atoms with van der Waals surface area (Å²) in [5, 5.41) is 18.5. The minimum Gasteiger partial charge on any atom is -0.508 e. The number of nitriles is 1. The number of phenols is 1. The van der Waals surface area contributed by atoms with Crippen LogP contribution in [0.3, 0.4) is 0 Å². The van der Waals surface area contributed by atoms with Gasteiger partial charge < -0.3 is 15.7 Å². The van der Waals surface area contributed by atoms with E-state index in [-0.39, 0.29) is 18.2 Å². The largest absolute Gasteiger partial charge is 0.508 e. The summed E-state index contributed by atoms with van der Waals surface area (Å²) in [5.41, 5.74) is 6.03. The molecule has 0 aromatic heterocycles. The van der Waals surface area contributed by atoms with Crippen LogP contribution in [0.15, 0.2) is 18.2 Å². The fraction of sp³-hybridized carbons (Fsp3) is 0.308. The van der Waals surface area contributed by atoms with Crippen molar-refractivity contribution in [3.8, 4) is 11.8 Å². The maximum absolute atomic E-state index is 11.9. The van der Waals surface area contributed by atoms with Crippen LogP contribution in [0.2, 0.25) is 0 Å². The summed E-state index contributed by atoms with van der Waals surface area (Å²) < 4.78 is 0. The van der Waals surface area contributed by atoms with Crippen molar-refractivity contribution in [2.75, 3.05) is 6.54 Å². The molecular weight excluding hydrogens is 246 g/mol. The molecule has 1 heterocycles. The number of rotatable bonds is 3. The Balaban J connectivity index is 2.17. The van der Waals surface area contributed by atoms with Crippen LogP contribution < -0.4 is 5.73 Å². The lowest BCUT2D eigenvalue weighted by Crippen LogP contribution is -2.33. The van der Waals surface area contributed by atoms with Gasteiger partial charge in [-0.1, -0.05) is 0 Å². The van der Waals surface area contributed by atoms with Gasteiger partial charge in [0.15, 0.2) is 0 Å². The minimum absolute atomic E-state index is 0.0225. The van der Waals surface area contributed by atoms with E-state index in [1.165, 1.54) is 23.1 Å². The molecule has 19 heavy (non-hydrogen) atoms. The molecule has 0 unspecified atom stereocenters. The lowest BCUT2D eigenvalue weighted by Gasteiger charge is -2.17. The average molecular weight is 259 g/mol. The Hall–Kier alpha value is -2.55. The number of hydrogen-bond acceptors (Lipinski definition) is 4. The van der Waals surface area contributed by atoms with Gasteiger partial charge in [0.2, 0.25) is 11.8 Å². The molecule has 1 saturated heterocycles. The van der Waals surface area contributed by atoms with Crippen molar-refractivity contribution < 1.29 is 14.7 Å². The first kappa shape index (κ1) is 12.9. The number of likely N-dealkylation sites (tertiary alicyclic amines) is 1. The molecule has 3 N–H and O–H groups in total. The van der Waals surface area contributed by atoms with Gasteiger partial charge in [-0.15, -0.1) is 0 Å². The Morgan fingerprint density at radius 3 is 2.89 bits per heavy atom. The summed E-state index contributed by atoms with van der Waals surface area (Å²) in [6.45, 7) is 0.590. The van der Waals surface area contributed by atoms with Crippen LogP contribution in [0.25, 0.3) is 0 Å². The highest BCUT2D eigenvalue weighted by Gasteiger charge is 2.35. The first-order valence-corrected chi connectivity index (χ1v) is 5.83. The number of amides is 2. The van der Waals surface area contributed by atoms with Gasteiger partial charge in [0, 0.05) is 18.7 Å². The standard InChI is InChI=1S/C13H13N3O3/c14-6-8-1-2-11(17)9(5-8)7-16-4-3-10(12(15)18)13(16)19/h1-2,5,10,17H,3-4,7H2,(H2,15,18)/t10-/m0/s1. The van der Waals surface area contributed by atoms with Crippen LogP contribution >= 0.6 is 0 Å². The second-order valence-corrected chi connectivity index (χ2v) is 4.46. The van der Waals surface area contributed by atoms with Crippen LogP contribution in [0.1, 0.15) is 17.5 Å². The molecule has 2 rings (SSSR count). The van der Waals surface area contributed by atoms with Crippen LogP contribution in [0.4, 0.5) is 0 Å². The van der Waals surface area contributed by atoms with E-state index in [0.29, 0.717) is 24.1 Å². The normalized spacial score (nSPS) is 18.4. The molecule has 98 valence electrons. The number of nitrogens with two attached hydrogens (primary N) is 1. The molecule has 0 radical (unpaired) electrons. The van der Waals surface area contributed by atoms with Crippen LogP contribution in [-0.4, -0.2) is 28.4 Å². The molecular formula is C13H13N3O3. The fourth-order valence-corrected chi connectivity index (χ4v) is 2.15. The molecule has 6 nitrogen and oxygen atoms in total. The number of nitrogens with zero attached hydrogens (tertiary/aromatic N) is 2. The van der Waals surface area contributed by atoms with Gasteiger partial charge in [-0.3, -0.25) is 9.59 Å². The van der Waals surface area contributed by atoms with E-state index in [9.17, 15) is 14.7 Å². The number of carbonyl (C=O) groups excluding carboxylic acids is 2. The lowest BCUT2D eigenvalue weighted by atomic mass is 10.1. The number of primary amides is 1. The smallest absolute Gasteiger partial charge is 0.235 e. The van der Waals surface area contributed by atoms with E-state index in [1.807, 2.05) is 6.07 Å². The van der Waals surface area contributed by atoms with Gasteiger partial charge in [-0.05, 0) is 24.6 Å². The molecule has 2 amide bonds. The highest BCUT2D eigenvalue weighted by Crippen LogP contribution is 2.24. The second-order valence-electron chi connectivity index (χ2n) is 4.46. The number of benzene rings is 1. The maximum Gasteiger partial charge on any atom is 0.235 e. The molecule has 1 aromatic carbocycles. The fourth-order valence-electron chi connectivity index (χ4n) is 2.15. The third-order valence-electron chi connectivity index (χ3n) is 3.21. The molecule has 0 aliphatic carbocycles. The van der Waals surface area contributed by atoms with Gasteiger partial charge in [-0.25, -0.2) is 0 Å². The van der Waals surface area contributed by atoms with Crippen LogP contribution in [0.5, 0.6) is 5.75 Å². The summed E-state index contributed by atoms with van der Waals surface area (Å²) in [4.78, 5) is 24.4. The third-order valence-corrected chi connectivity index (χ3v) is 3.21. The molecule has 0 spiro atoms. The number of aromatic hydroxyl groups is 1. The van der Waals surface area contributed by atoms with Gasteiger partial charge in [0.25, 0.3) is 0 Å². The predicted molar refractivity (Wildman–Crippen MR) is 65.5 cm³/mol. The highest BCUT2D eigenvalue weighted by molar-refractivity contribution is 6.00. The molecule has 1 aliphatic rings. The monoisotopic (exact) mass is 259 g/mol. The molecule has 6 heteroatoms. The van der Waals surface area contributed by atoms with Gasteiger partial charge in [0.05, 0.1) is 11.6 Å². The predicted octanol–water partition coefficient (Wildman–Crippen LogP) is 0.0977. The maximum atomic E-state index is 11.9. The molecule has 1 atom stereocenters. The SMILES string of the molecule is N#Cc1ccc(O)c(CN2CC[C@@H](C(N)=O)C2=O)c1. The molecule has 0 saturated carbocycles. The zero-order valence-electron chi connectivity index (χ0n) is 10.2. The van der Waals surface area contributed by atoms with E-state index in [4.69, 9.17) is 11.0 Å². The van der Waals surface area contributed by atoms with E-state index in [2.05, 4.69) is 0 Å². The Bertz CT molecular complexity index is 577. The van der Waals surface area contributed by atoms with Gasteiger partial charge >= 0.3 is 0 Å². The van der Waals surface area contributed by atoms with Crippen molar-refractivity contribution in [3.63, 3.8) is 0 Å². The van der Waals surface area contributed by atoms with Crippen molar-refractivity contribution >= 4 is 11.8 Å². The number of phenolic OH excluding ortho intramolecular Hbond substituents is 1. The zero-order chi connectivity index (χ0) is 14.0. The van der Waals surface area contributed by atoms with Gasteiger partial charge in [-0.2, -0.15) is 5.26 Å². The van der Waals surface area contributed by atoms with Crippen molar-refractivity contribution in [3.05, 3.63) is 29.3 Å². The summed E-state index contributed by atoms with van der Waals surface area (Å²) in [7, 11) is 0. The summed E-state index contributed by atoms with van der Waals surface area (Å²) >= 11 is 0. The minimum atomic E-state index is -0.777. The molecule has 1 aliphatic heterocycles. The Morgan fingerprint density at radius 2 is 2.32 bits per heavy atom. The number of carbonyl (C=O) groups is 2. The molecule has 0 bridgehead atoms. The first-order valence-electron chi connectivity index (χ1n) is 5.83. The topological polar surface area (TPSA) is 107 Å². The quantitative estimate of drug-likeness (QED) is 0.750. The van der Waals surface area contributed by atoms with Gasteiger partial charge in [0.1, 0.15) is 11.7 Å². The summed E-state index contributed by atoms with van der Waals surface area (Å²) in [5.74, 6) is -1.70.